The number of fused-ring (bicyclic) bond motifs is 1. The lowest BCUT2D eigenvalue weighted by molar-refractivity contribution is -0.143. The van der Waals surface area contributed by atoms with Gasteiger partial charge in [-0.15, -0.1) is 0 Å². The van der Waals surface area contributed by atoms with Gasteiger partial charge < -0.3 is 24.2 Å². The number of amides is 2. The van der Waals surface area contributed by atoms with E-state index in [0.717, 1.165) is 0 Å². The van der Waals surface area contributed by atoms with Crippen LogP contribution in [0.25, 0.3) is 0 Å². The number of benzene rings is 2. The first-order valence-electron chi connectivity index (χ1n) is 12.5. The fourth-order valence-electron chi connectivity index (χ4n) is 5.19. The van der Waals surface area contributed by atoms with Gasteiger partial charge in [0.25, 0.3) is 11.8 Å². The van der Waals surface area contributed by atoms with Gasteiger partial charge >= 0.3 is 0 Å². The highest BCUT2D eigenvalue weighted by atomic mass is 19.1. The van der Waals surface area contributed by atoms with Crippen LogP contribution in [-0.4, -0.2) is 87.7 Å². The summed E-state index contributed by atoms with van der Waals surface area (Å²) in [4.78, 5) is 43.7. The van der Waals surface area contributed by atoms with Crippen LogP contribution in [0.2, 0.25) is 0 Å². The van der Waals surface area contributed by atoms with Gasteiger partial charge in [-0.1, -0.05) is 12.1 Å². The number of nitrogens with zero attached hydrogens (tertiary/aromatic N) is 3. The van der Waals surface area contributed by atoms with Crippen molar-refractivity contribution in [1.29, 1.82) is 0 Å². The van der Waals surface area contributed by atoms with Crippen molar-refractivity contribution in [2.24, 2.45) is 0 Å². The highest BCUT2D eigenvalue weighted by Crippen LogP contribution is 2.42. The number of hydrogen-bond donors (Lipinski definition) is 0. The number of ether oxygens (including phenoxy) is 2. The molecule has 1 unspecified atom stereocenters. The van der Waals surface area contributed by atoms with E-state index in [-0.39, 0.29) is 62.9 Å². The summed E-state index contributed by atoms with van der Waals surface area (Å²) in [6.45, 7) is 0.837. The molecule has 1 atom stereocenters. The number of piperidine rings is 1. The number of hydrogen-bond acceptors (Lipinski definition) is 6. The molecule has 0 N–H and O–H groups in total. The van der Waals surface area contributed by atoms with Gasteiger partial charge in [0.2, 0.25) is 5.78 Å². The molecule has 0 saturated carbocycles. The lowest BCUT2D eigenvalue weighted by Crippen LogP contribution is -2.45. The van der Waals surface area contributed by atoms with Gasteiger partial charge in [-0.3, -0.25) is 14.4 Å². The fraction of sp³-hybridized carbons (Fsp3) is 0.464. The molecular weight excluding hydrogens is 496 g/mol. The Labute approximate surface area is 221 Å². The molecule has 204 valence electrons. The Morgan fingerprint density at radius 2 is 1.74 bits per heavy atom. The largest absolute Gasteiger partial charge is 0.496 e. The van der Waals surface area contributed by atoms with Crippen LogP contribution in [0.1, 0.15) is 40.2 Å². The number of halogens is 2. The molecule has 1 fully saturated rings. The van der Waals surface area contributed by atoms with Crippen LogP contribution in [0.4, 0.5) is 14.5 Å². The predicted octanol–water partition coefficient (Wildman–Crippen LogP) is 3.19. The molecule has 10 heteroatoms. The molecule has 8 nitrogen and oxygen atoms in total. The second kappa shape index (κ2) is 11.1. The molecule has 2 aliphatic heterocycles. The van der Waals surface area contributed by atoms with Gasteiger partial charge in [0.05, 0.1) is 18.6 Å². The Morgan fingerprint density at radius 3 is 2.32 bits per heavy atom. The van der Waals surface area contributed by atoms with E-state index in [9.17, 15) is 18.8 Å². The molecular formula is C28H33F2N3O5. The van der Waals surface area contributed by atoms with E-state index in [1.165, 1.54) is 45.3 Å². The smallest absolute Gasteiger partial charge is 0.290 e. The zero-order chi connectivity index (χ0) is 27.6. The van der Waals surface area contributed by atoms with E-state index in [1.54, 1.807) is 29.2 Å². The standard InChI is InChI=1S/C28H33F2N3O5/c1-31(2)27(36)25(34)22-16-33(17-37-3)23-14-24(38-4)21(13-20(22)23)26(35)32-11-9-28(30,10-12-32)15-18-5-7-19(29)8-6-18/h5-8,13-14,22H,9-12,15-17H2,1-4H3. The first-order chi connectivity index (χ1) is 18.1. The van der Waals surface area contributed by atoms with Gasteiger partial charge in [0.1, 0.15) is 24.0 Å². The number of methoxy groups -OCH3 is 2. The minimum atomic E-state index is -1.50. The molecule has 2 amide bonds. The van der Waals surface area contributed by atoms with E-state index >= 15 is 4.39 Å². The zero-order valence-electron chi connectivity index (χ0n) is 22.1. The number of anilines is 1. The molecule has 2 aromatic carbocycles. The summed E-state index contributed by atoms with van der Waals surface area (Å²) in [6.07, 6.45) is 0.434. The number of likely N-dealkylation sites (N-methyl/N-ethyl adjacent to an activating group) is 1. The summed E-state index contributed by atoms with van der Waals surface area (Å²) >= 11 is 0. The number of Topliss-reactive ketones (excluding diaryl/α,β-unsaturated/α-hetero) is 1. The Hall–Kier alpha value is -3.53. The zero-order valence-corrected chi connectivity index (χ0v) is 22.1. The Balaban J connectivity index is 1.57. The van der Waals surface area contributed by atoms with Gasteiger partial charge in [0.15, 0.2) is 0 Å². The third kappa shape index (κ3) is 5.50. The molecule has 0 aliphatic carbocycles. The van der Waals surface area contributed by atoms with Gasteiger partial charge in [-0.2, -0.15) is 0 Å². The van der Waals surface area contributed by atoms with Crippen molar-refractivity contribution in [3.63, 3.8) is 0 Å². The van der Waals surface area contributed by atoms with Crippen molar-refractivity contribution in [3.8, 4) is 5.75 Å². The van der Waals surface area contributed by atoms with Gasteiger partial charge in [0, 0.05) is 59.0 Å². The van der Waals surface area contributed by atoms with E-state index in [2.05, 4.69) is 0 Å². The first-order valence-corrected chi connectivity index (χ1v) is 12.5. The Morgan fingerprint density at radius 1 is 1.08 bits per heavy atom. The summed E-state index contributed by atoms with van der Waals surface area (Å²) in [5.74, 6) is -2.33. The second-order valence-electron chi connectivity index (χ2n) is 10.1. The molecule has 2 heterocycles. The van der Waals surface area contributed by atoms with Crippen molar-refractivity contribution in [3.05, 3.63) is 58.9 Å². The molecule has 0 spiro atoms. The number of likely N-dealkylation sites (tertiary alicyclic amines) is 1. The van der Waals surface area contributed by atoms with Crippen molar-refractivity contribution in [2.45, 2.75) is 30.8 Å². The quantitative estimate of drug-likeness (QED) is 0.489. The number of carbonyl (C=O) groups excluding carboxylic acids is 3. The Bertz CT molecular complexity index is 1210. The second-order valence-corrected chi connectivity index (χ2v) is 10.1. The Kier molecular flexibility index (Phi) is 8.01. The van der Waals surface area contributed by atoms with E-state index in [4.69, 9.17) is 9.47 Å². The van der Waals surface area contributed by atoms with Crippen LogP contribution < -0.4 is 9.64 Å². The number of alkyl halides is 1. The minimum absolute atomic E-state index is 0.142. The SMILES string of the molecule is COCN1CC(C(=O)C(=O)N(C)C)c2cc(C(=O)N3CCC(F)(Cc4ccc(F)cc4)CC3)c(OC)cc21. The van der Waals surface area contributed by atoms with Crippen LogP contribution >= 0.6 is 0 Å². The summed E-state index contributed by atoms with van der Waals surface area (Å²) in [5, 5.41) is 0. The highest BCUT2D eigenvalue weighted by Gasteiger charge is 2.40. The third-order valence-corrected chi connectivity index (χ3v) is 7.30. The van der Waals surface area contributed by atoms with E-state index < -0.39 is 23.3 Å². The van der Waals surface area contributed by atoms with Crippen LogP contribution in [0.3, 0.4) is 0 Å². The van der Waals surface area contributed by atoms with Crippen LogP contribution in [0.5, 0.6) is 5.75 Å². The van der Waals surface area contributed by atoms with E-state index in [1.807, 2.05) is 4.90 Å². The van der Waals surface area contributed by atoms with Crippen molar-refractivity contribution in [1.82, 2.24) is 9.80 Å². The molecule has 4 rings (SSSR count). The topological polar surface area (TPSA) is 79.4 Å². The minimum Gasteiger partial charge on any atom is -0.496 e. The molecule has 1 saturated heterocycles. The maximum Gasteiger partial charge on any atom is 0.290 e. The first kappa shape index (κ1) is 27.5. The van der Waals surface area contributed by atoms with E-state index in [0.29, 0.717) is 22.6 Å². The number of carbonyl (C=O) groups is 3. The molecule has 0 radical (unpaired) electrons. The van der Waals surface area contributed by atoms with Crippen LogP contribution in [0.15, 0.2) is 36.4 Å². The lowest BCUT2D eigenvalue weighted by Gasteiger charge is -2.37. The molecule has 2 aliphatic rings. The molecule has 0 bridgehead atoms. The lowest BCUT2D eigenvalue weighted by atomic mass is 9.86. The molecule has 38 heavy (non-hydrogen) atoms. The number of rotatable bonds is 8. The summed E-state index contributed by atoms with van der Waals surface area (Å²) in [7, 11) is 6.02. The normalized spacial score (nSPS) is 18.2. The number of ketones is 1. The van der Waals surface area contributed by atoms with Crippen molar-refractivity contribution < 1.29 is 32.6 Å². The summed E-state index contributed by atoms with van der Waals surface area (Å²) in [6, 6.07) is 9.09. The maximum atomic E-state index is 15.6. The van der Waals surface area contributed by atoms with Crippen molar-refractivity contribution >= 4 is 23.3 Å². The summed E-state index contributed by atoms with van der Waals surface area (Å²) < 4.78 is 39.6. The third-order valence-electron chi connectivity index (χ3n) is 7.30. The fourth-order valence-corrected chi connectivity index (χ4v) is 5.19. The van der Waals surface area contributed by atoms with Crippen molar-refractivity contribution in [2.75, 3.05) is 59.6 Å². The monoisotopic (exact) mass is 529 g/mol. The summed E-state index contributed by atoms with van der Waals surface area (Å²) in [5.41, 5.74) is 0.676. The van der Waals surface area contributed by atoms with Gasteiger partial charge in [-0.05, 0) is 42.2 Å². The predicted molar refractivity (Wildman–Crippen MR) is 138 cm³/mol. The molecule has 0 aromatic heterocycles. The average molecular weight is 530 g/mol. The van der Waals surface area contributed by atoms with Crippen LogP contribution in [-0.2, 0) is 20.7 Å². The average Bonchev–Trinajstić information content (AvgIpc) is 3.25. The molecule has 2 aromatic rings. The van der Waals surface area contributed by atoms with Gasteiger partial charge in [-0.25, -0.2) is 8.78 Å². The highest BCUT2D eigenvalue weighted by molar-refractivity contribution is 6.38. The van der Waals surface area contributed by atoms with Crippen LogP contribution in [0, 0.1) is 5.82 Å². The maximum absolute atomic E-state index is 15.6.